The highest BCUT2D eigenvalue weighted by molar-refractivity contribution is 5.89. The van der Waals surface area contributed by atoms with Gasteiger partial charge in [0.15, 0.2) is 18.2 Å². The normalized spacial score (nSPS) is 12.2. The molecule has 0 saturated carbocycles. The summed E-state index contributed by atoms with van der Waals surface area (Å²) in [4.78, 5) is 24.0. The Hall–Kier alpha value is -3.17. The molecule has 1 unspecified atom stereocenters. The van der Waals surface area contributed by atoms with E-state index in [1.807, 2.05) is 0 Å². The molecule has 10 heteroatoms. The highest BCUT2D eigenvalue weighted by Crippen LogP contribution is 2.35. The van der Waals surface area contributed by atoms with Crippen LogP contribution in [0.3, 0.4) is 0 Å². The van der Waals surface area contributed by atoms with E-state index in [9.17, 15) is 31.5 Å². The molecule has 0 bridgehead atoms. The van der Waals surface area contributed by atoms with E-state index in [0.717, 1.165) is 30.3 Å². The molecule has 2 aromatic rings. The number of hydrogen-bond donors (Lipinski definition) is 2. The summed E-state index contributed by atoms with van der Waals surface area (Å²) in [6, 6.07) is 5.52. The molecule has 2 N–H and O–H groups in total. The number of hydrogen-bond acceptors (Lipinski definition) is 3. The lowest BCUT2D eigenvalue weighted by atomic mass is 10.1. The Balaban J connectivity index is 2.13. The second-order valence-electron chi connectivity index (χ2n) is 5.57. The number of ether oxygens (including phenoxy) is 1. The lowest BCUT2D eigenvalue weighted by molar-refractivity contribution is -0.139. The standard InChI is InChI=1S/C18H15F5N2O3/c1-24-17(27)16(10-6-7-12(19)13(20)8-10)25-15(26)9-28-14-5-3-2-4-11(14)18(21,22)23/h2-8,16H,9H2,1H3,(H,24,27)(H,25,26). The lowest BCUT2D eigenvalue weighted by Crippen LogP contribution is -2.41. The van der Waals surface area contributed by atoms with Crippen molar-refractivity contribution in [1.82, 2.24) is 10.6 Å². The van der Waals surface area contributed by atoms with Crippen LogP contribution in [0, 0.1) is 11.6 Å². The summed E-state index contributed by atoms with van der Waals surface area (Å²) >= 11 is 0. The number of halogens is 5. The quantitative estimate of drug-likeness (QED) is 0.731. The van der Waals surface area contributed by atoms with E-state index in [2.05, 4.69) is 10.6 Å². The Kier molecular flexibility index (Phi) is 6.55. The molecule has 0 aliphatic rings. The van der Waals surface area contributed by atoms with Gasteiger partial charge < -0.3 is 15.4 Å². The summed E-state index contributed by atoms with van der Waals surface area (Å²) < 4.78 is 70.2. The van der Waals surface area contributed by atoms with Crippen molar-refractivity contribution in [1.29, 1.82) is 0 Å². The zero-order valence-corrected chi connectivity index (χ0v) is 14.4. The van der Waals surface area contributed by atoms with Crippen LogP contribution in [0.5, 0.6) is 5.75 Å². The third-order valence-electron chi connectivity index (χ3n) is 3.64. The number of amides is 2. The van der Waals surface area contributed by atoms with Gasteiger partial charge in [-0.1, -0.05) is 18.2 Å². The molecule has 1 atom stereocenters. The van der Waals surface area contributed by atoms with Crippen molar-refractivity contribution in [3.63, 3.8) is 0 Å². The average Bonchev–Trinajstić information content (AvgIpc) is 2.65. The van der Waals surface area contributed by atoms with Gasteiger partial charge in [0.1, 0.15) is 11.8 Å². The van der Waals surface area contributed by atoms with Gasteiger partial charge in [-0.3, -0.25) is 9.59 Å². The number of para-hydroxylation sites is 1. The van der Waals surface area contributed by atoms with Gasteiger partial charge in [0.25, 0.3) is 5.91 Å². The monoisotopic (exact) mass is 402 g/mol. The van der Waals surface area contributed by atoms with Gasteiger partial charge in [0, 0.05) is 7.05 Å². The minimum Gasteiger partial charge on any atom is -0.483 e. The first-order valence-electron chi connectivity index (χ1n) is 7.88. The minimum atomic E-state index is -4.68. The van der Waals surface area contributed by atoms with Crippen LogP contribution in [0.25, 0.3) is 0 Å². The van der Waals surface area contributed by atoms with Crippen LogP contribution in [-0.2, 0) is 15.8 Å². The SMILES string of the molecule is CNC(=O)C(NC(=O)COc1ccccc1C(F)(F)F)c1ccc(F)c(F)c1. The zero-order chi connectivity index (χ0) is 20.9. The molecular weight excluding hydrogens is 387 g/mol. The summed E-state index contributed by atoms with van der Waals surface area (Å²) in [6.07, 6.45) is -4.68. The van der Waals surface area contributed by atoms with E-state index in [1.165, 1.54) is 19.2 Å². The molecular formula is C18H15F5N2O3. The van der Waals surface area contributed by atoms with Gasteiger partial charge in [0.2, 0.25) is 5.91 Å². The molecule has 0 aromatic heterocycles. The molecule has 2 aromatic carbocycles. The second kappa shape index (κ2) is 8.68. The van der Waals surface area contributed by atoms with Crippen molar-refractivity contribution in [3.8, 4) is 5.75 Å². The maximum absolute atomic E-state index is 13.4. The summed E-state index contributed by atoms with van der Waals surface area (Å²) in [6.45, 7) is -0.829. The van der Waals surface area contributed by atoms with E-state index in [4.69, 9.17) is 4.74 Å². The van der Waals surface area contributed by atoms with Crippen LogP contribution in [-0.4, -0.2) is 25.5 Å². The average molecular weight is 402 g/mol. The number of nitrogens with one attached hydrogen (secondary N) is 2. The van der Waals surface area contributed by atoms with Crippen LogP contribution in [0.2, 0.25) is 0 Å². The Morgan fingerprint density at radius 2 is 1.75 bits per heavy atom. The molecule has 0 fully saturated rings. The van der Waals surface area contributed by atoms with Crippen molar-refractivity contribution >= 4 is 11.8 Å². The molecule has 2 rings (SSSR count). The van der Waals surface area contributed by atoms with Gasteiger partial charge in [-0.15, -0.1) is 0 Å². The molecule has 5 nitrogen and oxygen atoms in total. The van der Waals surface area contributed by atoms with Crippen LogP contribution in [0.1, 0.15) is 17.2 Å². The van der Waals surface area contributed by atoms with E-state index >= 15 is 0 Å². The Morgan fingerprint density at radius 1 is 1.07 bits per heavy atom. The van der Waals surface area contributed by atoms with Crippen molar-refractivity contribution in [2.75, 3.05) is 13.7 Å². The molecule has 28 heavy (non-hydrogen) atoms. The third kappa shape index (κ3) is 5.18. The van der Waals surface area contributed by atoms with E-state index < -0.39 is 53.6 Å². The number of rotatable bonds is 6. The molecule has 2 amide bonds. The fourth-order valence-corrected chi connectivity index (χ4v) is 2.31. The fourth-order valence-electron chi connectivity index (χ4n) is 2.31. The Bertz CT molecular complexity index is 871. The fraction of sp³-hybridized carbons (Fsp3) is 0.222. The van der Waals surface area contributed by atoms with Gasteiger partial charge in [0.05, 0.1) is 5.56 Å². The van der Waals surface area contributed by atoms with Gasteiger partial charge >= 0.3 is 6.18 Å². The summed E-state index contributed by atoms with van der Waals surface area (Å²) in [7, 11) is 1.26. The Morgan fingerprint density at radius 3 is 2.36 bits per heavy atom. The van der Waals surface area contributed by atoms with E-state index in [-0.39, 0.29) is 5.56 Å². The summed E-state index contributed by atoms with van der Waals surface area (Å²) in [5, 5.41) is 4.46. The molecule has 0 aliphatic carbocycles. The number of carbonyl (C=O) groups excluding carboxylic acids is 2. The maximum atomic E-state index is 13.4. The lowest BCUT2D eigenvalue weighted by Gasteiger charge is -2.19. The Labute approximate surface area is 156 Å². The second-order valence-corrected chi connectivity index (χ2v) is 5.57. The molecule has 150 valence electrons. The predicted octanol–water partition coefficient (Wildman–Crippen LogP) is 2.97. The van der Waals surface area contributed by atoms with Crippen LogP contribution < -0.4 is 15.4 Å². The molecule has 0 saturated heterocycles. The minimum absolute atomic E-state index is 0.0534. The molecule has 0 aliphatic heterocycles. The van der Waals surface area contributed by atoms with Gasteiger partial charge in [-0.05, 0) is 29.8 Å². The summed E-state index contributed by atoms with van der Waals surface area (Å²) in [5.74, 6) is -4.60. The van der Waals surface area contributed by atoms with Crippen molar-refractivity contribution in [3.05, 3.63) is 65.2 Å². The summed E-state index contributed by atoms with van der Waals surface area (Å²) in [5.41, 5.74) is -1.12. The number of alkyl halides is 3. The van der Waals surface area contributed by atoms with Crippen LogP contribution in [0.15, 0.2) is 42.5 Å². The van der Waals surface area contributed by atoms with Crippen LogP contribution in [0.4, 0.5) is 22.0 Å². The first kappa shape index (κ1) is 21.1. The van der Waals surface area contributed by atoms with Crippen molar-refractivity contribution in [2.24, 2.45) is 0 Å². The topological polar surface area (TPSA) is 67.4 Å². The van der Waals surface area contributed by atoms with E-state index in [0.29, 0.717) is 0 Å². The predicted molar refractivity (Wildman–Crippen MR) is 88.2 cm³/mol. The molecule has 0 heterocycles. The molecule has 0 spiro atoms. The third-order valence-corrected chi connectivity index (χ3v) is 3.64. The largest absolute Gasteiger partial charge is 0.483 e. The smallest absolute Gasteiger partial charge is 0.419 e. The van der Waals surface area contributed by atoms with E-state index in [1.54, 1.807) is 0 Å². The number of carbonyl (C=O) groups is 2. The highest BCUT2D eigenvalue weighted by Gasteiger charge is 2.34. The van der Waals surface area contributed by atoms with Crippen molar-refractivity contribution in [2.45, 2.75) is 12.2 Å². The van der Waals surface area contributed by atoms with Gasteiger partial charge in [-0.25, -0.2) is 8.78 Å². The van der Waals surface area contributed by atoms with Crippen LogP contribution >= 0.6 is 0 Å². The highest BCUT2D eigenvalue weighted by atomic mass is 19.4. The maximum Gasteiger partial charge on any atom is 0.419 e. The van der Waals surface area contributed by atoms with Crippen molar-refractivity contribution < 1.29 is 36.3 Å². The number of likely N-dealkylation sites (N-methyl/N-ethyl adjacent to an activating group) is 1. The first-order valence-corrected chi connectivity index (χ1v) is 7.88. The first-order chi connectivity index (χ1) is 13.1. The van der Waals surface area contributed by atoms with Gasteiger partial charge in [-0.2, -0.15) is 13.2 Å². The molecule has 0 radical (unpaired) electrons. The number of benzene rings is 2. The zero-order valence-electron chi connectivity index (χ0n) is 14.4.